The monoisotopic (exact) mass is 423 g/mol. The van der Waals surface area contributed by atoms with Crippen molar-refractivity contribution in [3.05, 3.63) is 0 Å². The predicted octanol–water partition coefficient (Wildman–Crippen LogP) is 10.4. The summed E-state index contributed by atoms with van der Waals surface area (Å²) >= 11 is 0. The smallest absolute Gasteiger partial charge is 0.0182 e. The van der Waals surface area contributed by atoms with Crippen molar-refractivity contribution in [3.63, 3.8) is 0 Å². The molecule has 30 heavy (non-hydrogen) atoms. The summed E-state index contributed by atoms with van der Waals surface area (Å²) in [4.78, 5) is 0. The molecule has 0 aromatic rings. The summed E-state index contributed by atoms with van der Waals surface area (Å²) in [7, 11) is 0. The number of unbranched alkanes of at least 4 members (excludes halogenated alkanes) is 15. The summed E-state index contributed by atoms with van der Waals surface area (Å²) in [5, 5.41) is 0. The largest absolute Gasteiger partial charge is 0.325 e. The molecule has 0 radical (unpaired) electrons. The van der Waals surface area contributed by atoms with Crippen LogP contribution < -0.4 is 5.73 Å². The van der Waals surface area contributed by atoms with Crippen LogP contribution in [0.15, 0.2) is 0 Å². The van der Waals surface area contributed by atoms with E-state index in [0.29, 0.717) is 0 Å². The Labute approximate surface area is 192 Å². The maximum absolute atomic E-state index is 7.23. The zero-order valence-corrected chi connectivity index (χ0v) is 21.9. The fraction of sp³-hybridized carbons (Fsp3) is 1.00. The second-order valence-electron chi connectivity index (χ2n) is 10.3. The van der Waals surface area contributed by atoms with Crippen molar-refractivity contribution in [2.75, 3.05) is 0 Å². The fourth-order valence-electron chi connectivity index (χ4n) is 5.18. The highest BCUT2D eigenvalue weighted by atomic mass is 14.8. The van der Waals surface area contributed by atoms with Gasteiger partial charge >= 0.3 is 0 Å². The van der Waals surface area contributed by atoms with Crippen LogP contribution in [0.1, 0.15) is 175 Å². The van der Waals surface area contributed by atoms with E-state index in [1.54, 1.807) is 0 Å². The molecule has 1 heteroatoms. The van der Waals surface area contributed by atoms with E-state index in [1.807, 2.05) is 0 Å². The zero-order chi connectivity index (χ0) is 22.3. The quantitative estimate of drug-likeness (QED) is 0.153. The van der Waals surface area contributed by atoms with Crippen molar-refractivity contribution in [2.24, 2.45) is 11.7 Å². The Morgan fingerprint density at radius 1 is 0.433 bits per heavy atom. The first-order valence-corrected chi connectivity index (χ1v) is 14.4. The van der Waals surface area contributed by atoms with Gasteiger partial charge in [-0.3, -0.25) is 0 Å². The van der Waals surface area contributed by atoms with Crippen molar-refractivity contribution in [1.29, 1.82) is 0 Å². The lowest BCUT2D eigenvalue weighted by Gasteiger charge is -2.39. The first-order valence-electron chi connectivity index (χ1n) is 14.4. The third-order valence-electron chi connectivity index (χ3n) is 7.37. The van der Waals surface area contributed by atoms with Crippen LogP contribution in [0.25, 0.3) is 0 Å². The van der Waals surface area contributed by atoms with Crippen molar-refractivity contribution in [3.8, 4) is 0 Å². The average Bonchev–Trinajstić information content (AvgIpc) is 2.74. The minimum Gasteiger partial charge on any atom is -0.325 e. The highest BCUT2D eigenvalue weighted by Gasteiger charge is 2.32. The van der Waals surface area contributed by atoms with Crippen LogP contribution in [-0.2, 0) is 0 Å². The molecule has 2 N–H and O–H groups in total. The van der Waals surface area contributed by atoms with Crippen LogP contribution in [0.2, 0.25) is 0 Å². The summed E-state index contributed by atoms with van der Waals surface area (Å²) in [6.07, 6.45) is 31.7. The molecule has 0 spiro atoms. The molecule has 0 aliphatic carbocycles. The summed E-state index contributed by atoms with van der Waals surface area (Å²) in [5.41, 5.74) is 7.33. The molecular formula is C29H61N. The summed E-state index contributed by atoms with van der Waals surface area (Å²) in [6.45, 7) is 9.27. The first kappa shape index (κ1) is 30.0. The SMILES string of the molecule is CCCCCCCCCCCCC(CCCCC)C(N)(CCCCC)CCCCC. The lowest BCUT2D eigenvalue weighted by Crippen LogP contribution is -2.47. The van der Waals surface area contributed by atoms with Crippen LogP contribution >= 0.6 is 0 Å². The number of rotatable bonds is 24. The second kappa shape index (κ2) is 22.2. The molecule has 0 bridgehead atoms. The minimum absolute atomic E-state index is 0.108. The highest BCUT2D eigenvalue weighted by molar-refractivity contribution is 4.91. The summed E-state index contributed by atoms with van der Waals surface area (Å²) in [5.74, 6) is 0.756. The first-order chi connectivity index (χ1) is 14.6. The zero-order valence-electron chi connectivity index (χ0n) is 21.9. The van der Waals surface area contributed by atoms with Gasteiger partial charge in [-0.1, -0.05) is 150 Å². The van der Waals surface area contributed by atoms with E-state index < -0.39 is 0 Å². The van der Waals surface area contributed by atoms with E-state index in [4.69, 9.17) is 5.73 Å². The van der Waals surface area contributed by atoms with E-state index >= 15 is 0 Å². The predicted molar refractivity (Wildman–Crippen MR) is 139 cm³/mol. The van der Waals surface area contributed by atoms with E-state index in [2.05, 4.69) is 27.7 Å². The maximum Gasteiger partial charge on any atom is 0.0182 e. The third kappa shape index (κ3) is 16.6. The topological polar surface area (TPSA) is 26.0 Å². The Kier molecular flexibility index (Phi) is 22.1. The summed E-state index contributed by atoms with van der Waals surface area (Å²) < 4.78 is 0. The number of nitrogens with two attached hydrogens (primary N) is 1. The van der Waals surface area contributed by atoms with Crippen molar-refractivity contribution in [2.45, 2.75) is 181 Å². The molecule has 0 aromatic carbocycles. The Hall–Kier alpha value is -0.0400. The molecular weight excluding hydrogens is 362 g/mol. The molecule has 0 aliphatic rings. The van der Waals surface area contributed by atoms with Crippen molar-refractivity contribution >= 4 is 0 Å². The summed E-state index contributed by atoms with van der Waals surface area (Å²) in [6, 6.07) is 0. The van der Waals surface area contributed by atoms with Gasteiger partial charge in [-0.05, 0) is 31.6 Å². The third-order valence-corrected chi connectivity index (χ3v) is 7.37. The number of hydrogen-bond donors (Lipinski definition) is 1. The molecule has 0 heterocycles. The fourth-order valence-corrected chi connectivity index (χ4v) is 5.18. The highest BCUT2D eigenvalue weighted by Crippen LogP contribution is 2.35. The van der Waals surface area contributed by atoms with Crippen molar-refractivity contribution in [1.82, 2.24) is 0 Å². The Morgan fingerprint density at radius 2 is 0.733 bits per heavy atom. The van der Waals surface area contributed by atoms with Crippen LogP contribution in [0.3, 0.4) is 0 Å². The lowest BCUT2D eigenvalue weighted by atomic mass is 9.72. The molecule has 182 valence electrons. The molecule has 0 amide bonds. The molecule has 1 nitrogen and oxygen atoms in total. The molecule has 0 aromatic heterocycles. The van der Waals surface area contributed by atoms with Gasteiger partial charge in [0.2, 0.25) is 0 Å². The van der Waals surface area contributed by atoms with Gasteiger partial charge in [0, 0.05) is 5.54 Å². The molecule has 0 saturated heterocycles. The van der Waals surface area contributed by atoms with E-state index in [9.17, 15) is 0 Å². The Morgan fingerprint density at radius 3 is 1.17 bits per heavy atom. The Bertz CT molecular complexity index is 314. The lowest BCUT2D eigenvalue weighted by molar-refractivity contribution is 0.190. The normalized spacial score (nSPS) is 13.1. The van der Waals surface area contributed by atoms with E-state index in [1.165, 1.54) is 148 Å². The maximum atomic E-state index is 7.23. The molecule has 0 rings (SSSR count). The van der Waals surface area contributed by atoms with Crippen LogP contribution in [0.4, 0.5) is 0 Å². The molecule has 0 saturated carbocycles. The van der Waals surface area contributed by atoms with Gasteiger partial charge in [0.1, 0.15) is 0 Å². The molecule has 0 fully saturated rings. The molecule has 1 unspecified atom stereocenters. The van der Waals surface area contributed by atoms with Gasteiger partial charge in [-0.2, -0.15) is 0 Å². The van der Waals surface area contributed by atoms with Gasteiger partial charge in [-0.25, -0.2) is 0 Å². The average molecular weight is 424 g/mol. The number of hydrogen-bond acceptors (Lipinski definition) is 1. The van der Waals surface area contributed by atoms with Gasteiger partial charge < -0.3 is 5.73 Å². The minimum atomic E-state index is 0.108. The van der Waals surface area contributed by atoms with Gasteiger partial charge in [-0.15, -0.1) is 0 Å². The second-order valence-corrected chi connectivity index (χ2v) is 10.3. The van der Waals surface area contributed by atoms with Gasteiger partial charge in [0.25, 0.3) is 0 Å². The van der Waals surface area contributed by atoms with Crippen LogP contribution in [0, 0.1) is 5.92 Å². The molecule has 1 atom stereocenters. The molecule has 0 aliphatic heterocycles. The van der Waals surface area contributed by atoms with E-state index in [-0.39, 0.29) is 5.54 Å². The van der Waals surface area contributed by atoms with Crippen molar-refractivity contribution < 1.29 is 0 Å². The van der Waals surface area contributed by atoms with Gasteiger partial charge in [0.15, 0.2) is 0 Å². The van der Waals surface area contributed by atoms with E-state index in [0.717, 1.165) is 5.92 Å². The van der Waals surface area contributed by atoms with Gasteiger partial charge in [0.05, 0.1) is 0 Å². The standard InChI is InChI=1S/C29H61N/c1-5-9-13-14-15-16-17-18-19-21-25-28(24-20-10-6-2)29(30,26-22-11-7-3)27-23-12-8-4/h28H,5-27,30H2,1-4H3. The van der Waals surface area contributed by atoms with Crippen LogP contribution in [0.5, 0.6) is 0 Å². The van der Waals surface area contributed by atoms with Crippen LogP contribution in [-0.4, -0.2) is 5.54 Å². The Balaban J connectivity index is 4.44.